The molecule has 0 radical (unpaired) electrons. The van der Waals surface area contributed by atoms with E-state index in [0.717, 1.165) is 0 Å². The monoisotopic (exact) mass is 385 g/mol. The summed E-state index contributed by atoms with van der Waals surface area (Å²) in [4.78, 5) is 12.3. The quantitative estimate of drug-likeness (QED) is 0.430. The fourth-order valence-electron chi connectivity index (χ4n) is 1.66. The molecule has 0 unspecified atom stereocenters. The van der Waals surface area contributed by atoms with E-state index >= 15 is 0 Å². The lowest BCUT2D eigenvalue weighted by molar-refractivity contribution is 0.106. The van der Waals surface area contributed by atoms with Crippen molar-refractivity contribution in [2.24, 2.45) is 5.10 Å². The average Bonchev–Trinajstić information content (AvgIpc) is 2.50. The van der Waals surface area contributed by atoms with Crippen LogP contribution in [0.5, 0.6) is 0 Å². The Balaban J connectivity index is 2.33. The molecule has 0 aliphatic heterocycles. The van der Waals surface area contributed by atoms with Gasteiger partial charge in [-0.2, -0.15) is 10.4 Å². The number of carbonyl (C=O) groups excluding carboxylic acids is 1. The van der Waals surface area contributed by atoms with Crippen molar-refractivity contribution in [1.82, 2.24) is 0 Å². The minimum Gasteiger partial charge on any atom is -0.286 e. The SMILES string of the molecule is N#CC(=NNc1c(Cl)cc(Cl)cc1Cl)C(=O)c1ccccc1Cl. The van der Waals surface area contributed by atoms with Gasteiger partial charge in [-0.05, 0) is 24.3 Å². The lowest BCUT2D eigenvalue weighted by atomic mass is 10.1. The van der Waals surface area contributed by atoms with Crippen LogP contribution in [0.3, 0.4) is 0 Å². The van der Waals surface area contributed by atoms with Gasteiger partial charge in [-0.3, -0.25) is 10.2 Å². The van der Waals surface area contributed by atoms with Crippen LogP contribution in [-0.2, 0) is 0 Å². The maximum atomic E-state index is 12.3. The van der Waals surface area contributed by atoms with Gasteiger partial charge in [-0.1, -0.05) is 58.5 Å². The number of nitrogens with one attached hydrogen (secondary N) is 1. The molecule has 0 spiro atoms. The summed E-state index contributed by atoms with van der Waals surface area (Å²) in [6.45, 7) is 0. The summed E-state index contributed by atoms with van der Waals surface area (Å²) in [6.07, 6.45) is 0. The molecule has 0 atom stereocenters. The van der Waals surface area contributed by atoms with Crippen LogP contribution in [0.15, 0.2) is 41.5 Å². The highest BCUT2D eigenvalue weighted by molar-refractivity contribution is 6.53. The molecule has 0 aliphatic carbocycles. The molecule has 0 bridgehead atoms. The molecule has 0 aliphatic rings. The maximum absolute atomic E-state index is 12.3. The van der Waals surface area contributed by atoms with E-state index in [2.05, 4.69) is 10.5 Å². The number of rotatable bonds is 4. The normalized spacial score (nSPS) is 11.0. The van der Waals surface area contributed by atoms with Crippen LogP contribution in [0.2, 0.25) is 20.1 Å². The van der Waals surface area contributed by atoms with Gasteiger partial charge < -0.3 is 0 Å². The van der Waals surface area contributed by atoms with E-state index in [1.54, 1.807) is 24.3 Å². The zero-order valence-corrected chi connectivity index (χ0v) is 14.3. The fourth-order valence-corrected chi connectivity index (χ4v) is 2.78. The molecule has 0 saturated carbocycles. The Morgan fingerprint density at radius 2 is 1.65 bits per heavy atom. The molecule has 8 heteroatoms. The first-order chi connectivity index (χ1) is 10.9. The number of Topliss-reactive ketones (excluding diaryl/α,β-unsaturated/α-hetero) is 1. The van der Waals surface area contributed by atoms with E-state index in [1.165, 1.54) is 18.2 Å². The number of ketones is 1. The van der Waals surface area contributed by atoms with Crippen molar-refractivity contribution >= 4 is 63.6 Å². The van der Waals surface area contributed by atoms with Crippen LogP contribution in [0.1, 0.15) is 10.4 Å². The predicted molar refractivity (Wildman–Crippen MR) is 93.9 cm³/mol. The number of anilines is 1. The number of halogens is 4. The van der Waals surface area contributed by atoms with Crippen molar-refractivity contribution in [3.63, 3.8) is 0 Å². The third-order valence-electron chi connectivity index (χ3n) is 2.73. The van der Waals surface area contributed by atoms with Crippen LogP contribution in [0.4, 0.5) is 5.69 Å². The summed E-state index contributed by atoms with van der Waals surface area (Å²) < 4.78 is 0. The standard InChI is InChI=1S/C15H7Cl4N3O/c16-8-5-11(18)14(12(19)6-8)22-21-13(7-20)15(23)9-3-1-2-4-10(9)17/h1-6,22H. The molecule has 0 amide bonds. The van der Waals surface area contributed by atoms with Crippen LogP contribution in [0, 0.1) is 11.3 Å². The Bertz CT molecular complexity index is 820. The van der Waals surface area contributed by atoms with Crippen molar-refractivity contribution in [1.29, 1.82) is 5.26 Å². The van der Waals surface area contributed by atoms with E-state index in [1.807, 2.05) is 0 Å². The number of carbonyl (C=O) groups is 1. The maximum Gasteiger partial charge on any atom is 0.225 e. The van der Waals surface area contributed by atoms with Crippen molar-refractivity contribution in [3.8, 4) is 6.07 Å². The van der Waals surface area contributed by atoms with Gasteiger partial charge in [-0.15, -0.1) is 0 Å². The summed E-state index contributed by atoms with van der Waals surface area (Å²) in [6, 6.07) is 11.0. The van der Waals surface area contributed by atoms with E-state index in [4.69, 9.17) is 51.7 Å². The van der Waals surface area contributed by atoms with E-state index < -0.39 is 5.78 Å². The Labute approximate surface area is 152 Å². The molecule has 116 valence electrons. The van der Waals surface area contributed by atoms with Gasteiger partial charge in [0, 0.05) is 10.6 Å². The fraction of sp³-hybridized carbons (Fsp3) is 0. The molecule has 23 heavy (non-hydrogen) atoms. The summed E-state index contributed by atoms with van der Waals surface area (Å²) in [7, 11) is 0. The van der Waals surface area contributed by atoms with Crippen LogP contribution < -0.4 is 5.43 Å². The van der Waals surface area contributed by atoms with Crippen LogP contribution >= 0.6 is 46.4 Å². The topological polar surface area (TPSA) is 65.2 Å². The van der Waals surface area contributed by atoms with E-state index in [9.17, 15) is 4.79 Å². The van der Waals surface area contributed by atoms with Crippen molar-refractivity contribution < 1.29 is 4.79 Å². The number of hydrogen-bond donors (Lipinski definition) is 1. The van der Waals surface area contributed by atoms with Crippen LogP contribution in [0.25, 0.3) is 0 Å². The molecule has 0 heterocycles. The third kappa shape index (κ3) is 4.15. The molecule has 2 aromatic carbocycles. The van der Waals surface area contributed by atoms with Gasteiger partial charge in [0.15, 0.2) is 0 Å². The molecular weight excluding hydrogens is 380 g/mol. The van der Waals surface area contributed by atoms with Gasteiger partial charge in [-0.25, -0.2) is 0 Å². The minimum atomic E-state index is -0.619. The summed E-state index contributed by atoms with van der Waals surface area (Å²) in [5, 5.41) is 13.9. The first kappa shape index (κ1) is 17.6. The number of nitriles is 1. The van der Waals surface area contributed by atoms with Gasteiger partial charge in [0.25, 0.3) is 0 Å². The second-order valence-corrected chi connectivity index (χ2v) is 5.90. The molecule has 4 nitrogen and oxygen atoms in total. The third-order valence-corrected chi connectivity index (χ3v) is 3.87. The number of benzene rings is 2. The van der Waals surface area contributed by atoms with Gasteiger partial charge in [0.1, 0.15) is 6.07 Å². The minimum absolute atomic E-state index is 0.171. The summed E-state index contributed by atoms with van der Waals surface area (Å²) in [5.41, 5.74) is 2.52. The Hall–Kier alpha value is -1.77. The largest absolute Gasteiger partial charge is 0.286 e. The van der Waals surface area contributed by atoms with Gasteiger partial charge in [0.05, 0.1) is 20.8 Å². The molecule has 0 aromatic heterocycles. The lowest BCUT2D eigenvalue weighted by Crippen LogP contribution is -2.14. The number of hydrogen-bond acceptors (Lipinski definition) is 4. The van der Waals surface area contributed by atoms with Crippen molar-refractivity contribution in [2.75, 3.05) is 5.43 Å². The predicted octanol–water partition coefficient (Wildman–Crippen LogP) is 5.47. The highest BCUT2D eigenvalue weighted by Crippen LogP contribution is 2.33. The number of nitrogens with zero attached hydrogens (tertiary/aromatic N) is 2. The molecule has 2 aromatic rings. The zero-order valence-electron chi connectivity index (χ0n) is 11.3. The molecule has 0 fully saturated rings. The van der Waals surface area contributed by atoms with Crippen molar-refractivity contribution in [2.45, 2.75) is 0 Å². The molecular formula is C15H7Cl4N3O. The number of hydrazone groups is 1. The first-order valence-electron chi connectivity index (χ1n) is 6.11. The summed E-state index contributed by atoms with van der Waals surface area (Å²) in [5.74, 6) is -0.619. The highest BCUT2D eigenvalue weighted by atomic mass is 35.5. The van der Waals surface area contributed by atoms with Crippen molar-refractivity contribution in [3.05, 3.63) is 62.1 Å². The second kappa shape index (κ2) is 7.67. The molecule has 2 rings (SSSR count). The first-order valence-corrected chi connectivity index (χ1v) is 7.62. The van der Waals surface area contributed by atoms with Gasteiger partial charge >= 0.3 is 0 Å². The zero-order chi connectivity index (χ0) is 17.0. The Kier molecular flexibility index (Phi) is 5.86. The second-order valence-electron chi connectivity index (χ2n) is 4.24. The summed E-state index contributed by atoms with van der Waals surface area (Å²) >= 11 is 23.7. The van der Waals surface area contributed by atoms with Gasteiger partial charge in [0.2, 0.25) is 11.5 Å². The van der Waals surface area contributed by atoms with Crippen LogP contribution in [-0.4, -0.2) is 11.5 Å². The average molecular weight is 387 g/mol. The lowest BCUT2D eigenvalue weighted by Gasteiger charge is -2.07. The molecule has 0 saturated heterocycles. The van der Waals surface area contributed by atoms with E-state index in [0.29, 0.717) is 5.02 Å². The Morgan fingerprint density at radius 3 is 2.22 bits per heavy atom. The van der Waals surface area contributed by atoms with E-state index in [-0.39, 0.29) is 32.0 Å². The molecule has 1 N–H and O–H groups in total. The Morgan fingerprint density at radius 1 is 1.04 bits per heavy atom. The smallest absolute Gasteiger partial charge is 0.225 e. The highest BCUT2D eigenvalue weighted by Gasteiger charge is 2.17.